The summed E-state index contributed by atoms with van der Waals surface area (Å²) in [4.78, 5) is 22.0. The molecule has 2 aromatic rings. The molecule has 7 nitrogen and oxygen atoms in total. The first-order chi connectivity index (χ1) is 9.61. The number of anilines is 1. The van der Waals surface area contributed by atoms with Crippen molar-refractivity contribution < 1.29 is 4.79 Å². The molecule has 106 valence electrons. The molecule has 2 rings (SSSR count). The van der Waals surface area contributed by atoms with Crippen molar-refractivity contribution in [3.8, 4) is 0 Å². The Labute approximate surface area is 121 Å². The first-order valence-electron chi connectivity index (χ1n) is 6.11. The zero-order chi connectivity index (χ0) is 14.5. The Balaban J connectivity index is 2.17. The van der Waals surface area contributed by atoms with Gasteiger partial charge in [-0.2, -0.15) is 5.10 Å². The van der Waals surface area contributed by atoms with Crippen LogP contribution in [0.15, 0.2) is 18.6 Å². The summed E-state index contributed by atoms with van der Waals surface area (Å²) in [6, 6.07) is 1.64. The van der Waals surface area contributed by atoms with E-state index < -0.39 is 0 Å². The van der Waals surface area contributed by atoms with Gasteiger partial charge in [0, 0.05) is 19.8 Å². The molecule has 0 aromatic carbocycles. The summed E-state index contributed by atoms with van der Waals surface area (Å²) in [6.07, 6.45) is 2.87. The number of hydrogen-bond acceptors (Lipinski definition) is 5. The second-order valence-electron chi connectivity index (χ2n) is 4.17. The maximum absolute atomic E-state index is 12.4. The fraction of sp³-hybridized carbons (Fsp3) is 0.333. The second-order valence-corrected chi connectivity index (χ2v) is 4.58. The summed E-state index contributed by atoms with van der Waals surface area (Å²) in [5, 5.41) is 9.82. The van der Waals surface area contributed by atoms with Crippen molar-refractivity contribution in [2.75, 3.05) is 18.9 Å². The third-order valence-corrected chi connectivity index (χ3v) is 2.94. The molecule has 0 saturated carbocycles. The van der Waals surface area contributed by atoms with Gasteiger partial charge < -0.3 is 10.2 Å². The number of pyridine rings is 1. The Bertz CT molecular complexity index is 586. The van der Waals surface area contributed by atoms with Crippen molar-refractivity contribution in [3.63, 3.8) is 0 Å². The molecule has 0 aliphatic carbocycles. The minimum atomic E-state index is -0.201. The standard InChI is InChI=1S/C12H15ClN6O/c1-3-14-10-4-8(9(13)5-15-10)12(20)19(2)6-11-16-7-17-18-11/h4-5,7H,3,6H2,1-2H3,(H,14,15)(H,16,17,18). The predicted molar refractivity (Wildman–Crippen MR) is 75.6 cm³/mol. The number of carbonyl (C=O) groups excluding carboxylic acids is 1. The van der Waals surface area contributed by atoms with Crippen LogP contribution in [0.5, 0.6) is 0 Å². The van der Waals surface area contributed by atoms with E-state index in [9.17, 15) is 4.79 Å². The highest BCUT2D eigenvalue weighted by Gasteiger charge is 2.17. The van der Waals surface area contributed by atoms with Crippen LogP contribution < -0.4 is 5.32 Å². The summed E-state index contributed by atoms with van der Waals surface area (Å²) in [5.74, 6) is 1.03. The van der Waals surface area contributed by atoms with E-state index in [0.717, 1.165) is 6.54 Å². The highest BCUT2D eigenvalue weighted by atomic mass is 35.5. The summed E-state index contributed by atoms with van der Waals surface area (Å²) < 4.78 is 0. The van der Waals surface area contributed by atoms with Gasteiger partial charge in [0.1, 0.15) is 18.0 Å². The lowest BCUT2D eigenvalue weighted by Gasteiger charge is -2.16. The lowest BCUT2D eigenvalue weighted by atomic mass is 10.2. The van der Waals surface area contributed by atoms with Crippen LogP contribution >= 0.6 is 11.6 Å². The Morgan fingerprint density at radius 3 is 2.95 bits per heavy atom. The van der Waals surface area contributed by atoms with Gasteiger partial charge in [-0.25, -0.2) is 9.97 Å². The zero-order valence-corrected chi connectivity index (χ0v) is 12.0. The van der Waals surface area contributed by atoms with Crippen molar-refractivity contribution in [2.24, 2.45) is 0 Å². The molecule has 0 bridgehead atoms. The summed E-state index contributed by atoms with van der Waals surface area (Å²) in [5.41, 5.74) is 0.402. The van der Waals surface area contributed by atoms with Gasteiger partial charge in [0.05, 0.1) is 17.1 Å². The highest BCUT2D eigenvalue weighted by Crippen LogP contribution is 2.20. The van der Waals surface area contributed by atoms with Crippen LogP contribution in [0.3, 0.4) is 0 Å². The van der Waals surface area contributed by atoms with E-state index in [1.807, 2.05) is 6.92 Å². The molecule has 0 aliphatic rings. The highest BCUT2D eigenvalue weighted by molar-refractivity contribution is 6.33. The average Bonchev–Trinajstić information content (AvgIpc) is 2.93. The predicted octanol–water partition coefficient (Wildman–Crippen LogP) is 1.56. The number of rotatable bonds is 5. The maximum atomic E-state index is 12.4. The number of carbonyl (C=O) groups is 1. The van der Waals surface area contributed by atoms with Crippen molar-refractivity contribution in [2.45, 2.75) is 13.5 Å². The van der Waals surface area contributed by atoms with Gasteiger partial charge in [-0.15, -0.1) is 0 Å². The third kappa shape index (κ3) is 3.24. The molecule has 0 aliphatic heterocycles. The van der Waals surface area contributed by atoms with Gasteiger partial charge in [0.15, 0.2) is 0 Å². The van der Waals surface area contributed by atoms with Gasteiger partial charge in [0.2, 0.25) is 0 Å². The molecule has 0 unspecified atom stereocenters. The Hall–Kier alpha value is -2.15. The molecule has 1 amide bonds. The third-order valence-electron chi connectivity index (χ3n) is 2.64. The van der Waals surface area contributed by atoms with Gasteiger partial charge in [-0.1, -0.05) is 11.6 Å². The topological polar surface area (TPSA) is 86.8 Å². The molecule has 2 N–H and O–H groups in total. The van der Waals surface area contributed by atoms with Crippen LogP contribution in [0.25, 0.3) is 0 Å². The van der Waals surface area contributed by atoms with Gasteiger partial charge in [-0.3, -0.25) is 9.89 Å². The molecule has 0 spiro atoms. The van der Waals surface area contributed by atoms with Crippen LogP contribution in [0, 0.1) is 0 Å². The van der Waals surface area contributed by atoms with E-state index >= 15 is 0 Å². The maximum Gasteiger partial charge on any atom is 0.255 e. The number of hydrogen-bond donors (Lipinski definition) is 2. The lowest BCUT2D eigenvalue weighted by Crippen LogP contribution is -2.27. The number of nitrogens with one attached hydrogen (secondary N) is 2. The van der Waals surface area contributed by atoms with Crippen molar-refractivity contribution >= 4 is 23.3 Å². The fourth-order valence-electron chi connectivity index (χ4n) is 1.69. The molecule has 8 heteroatoms. The molecule has 2 aromatic heterocycles. The van der Waals surface area contributed by atoms with E-state index in [0.29, 0.717) is 28.8 Å². The van der Waals surface area contributed by atoms with E-state index in [4.69, 9.17) is 11.6 Å². The molecule has 0 radical (unpaired) electrons. The van der Waals surface area contributed by atoms with Crippen molar-refractivity contribution in [3.05, 3.63) is 35.0 Å². The quantitative estimate of drug-likeness (QED) is 0.874. The Morgan fingerprint density at radius 2 is 2.30 bits per heavy atom. The van der Waals surface area contributed by atoms with Crippen LogP contribution in [0.2, 0.25) is 5.02 Å². The van der Waals surface area contributed by atoms with Crippen LogP contribution in [0.1, 0.15) is 23.1 Å². The van der Waals surface area contributed by atoms with E-state index in [2.05, 4.69) is 25.5 Å². The molecule has 0 fully saturated rings. The van der Waals surface area contributed by atoms with E-state index in [-0.39, 0.29) is 5.91 Å². The monoisotopic (exact) mass is 294 g/mol. The number of aromatic nitrogens is 4. The smallest absolute Gasteiger partial charge is 0.255 e. The molecule has 0 saturated heterocycles. The summed E-state index contributed by atoms with van der Waals surface area (Å²) in [7, 11) is 1.68. The number of nitrogens with zero attached hydrogens (tertiary/aromatic N) is 4. The van der Waals surface area contributed by atoms with Gasteiger partial charge in [-0.05, 0) is 13.0 Å². The number of aromatic amines is 1. The largest absolute Gasteiger partial charge is 0.370 e. The number of halogens is 1. The van der Waals surface area contributed by atoms with Gasteiger partial charge in [0.25, 0.3) is 5.91 Å². The van der Waals surface area contributed by atoms with Gasteiger partial charge >= 0.3 is 0 Å². The summed E-state index contributed by atoms with van der Waals surface area (Å²) >= 11 is 6.04. The number of amides is 1. The van der Waals surface area contributed by atoms with E-state index in [1.54, 1.807) is 13.1 Å². The molecular formula is C12H15ClN6O. The number of H-pyrrole nitrogens is 1. The second kappa shape index (κ2) is 6.33. The zero-order valence-electron chi connectivity index (χ0n) is 11.2. The Kier molecular flexibility index (Phi) is 4.52. The normalized spacial score (nSPS) is 10.3. The van der Waals surface area contributed by atoms with Crippen LogP contribution in [-0.4, -0.2) is 44.6 Å². The van der Waals surface area contributed by atoms with Crippen molar-refractivity contribution in [1.82, 2.24) is 25.1 Å². The fourth-order valence-corrected chi connectivity index (χ4v) is 1.87. The minimum Gasteiger partial charge on any atom is -0.370 e. The minimum absolute atomic E-state index is 0.201. The Morgan fingerprint density at radius 1 is 1.50 bits per heavy atom. The molecule has 20 heavy (non-hydrogen) atoms. The average molecular weight is 295 g/mol. The van der Waals surface area contributed by atoms with Crippen LogP contribution in [0.4, 0.5) is 5.82 Å². The lowest BCUT2D eigenvalue weighted by molar-refractivity contribution is 0.0782. The van der Waals surface area contributed by atoms with Crippen LogP contribution in [-0.2, 0) is 6.54 Å². The molecule has 2 heterocycles. The summed E-state index contributed by atoms with van der Waals surface area (Å²) in [6.45, 7) is 3.00. The first kappa shape index (κ1) is 14.3. The molecular weight excluding hydrogens is 280 g/mol. The molecule has 0 atom stereocenters. The van der Waals surface area contributed by atoms with Crippen molar-refractivity contribution in [1.29, 1.82) is 0 Å². The first-order valence-corrected chi connectivity index (χ1v) is 6.48. The van der Waals surface area contributed by atoms with E-state index in [1.165, 1.54) is 17.4 Å². The SMILES string of the molecule is CCNc1cc(C(=O)N(C)Cc2ncn[nH]2)c(Cl)cn1.